The Morgan fingerprint density at radius 2 is 0.969 bits per heavy atom. The summed E-state index contributed by atoms with van der Waals surface area (Å²) in [7, 11) is 0. The zero-order valence-electron chi connectivity index (χ0n) is 35.2. The first-order chi connectivity index (χ1) is 32.3. The van der Waals surface area contributed by atoms with Crippen LogP contribution in [0.2, 0.25) is 0 Å². The summed E-state index contributed by atoms with van der Waals surface area (Å²) in [5, 5.41) is 5.90. The third-order valence-corrected chi connectivity index (χ3v) is 14.0. The monoisotopic (exact) mass is 849 g/mol. The Labute approximate surface area is 380 Å². The molecule has 65 heavy (non-hydrogen) atoms. The summed E-state index contributed by atoms with van der Waals surface area (Å²) in [5.74, 6) is 1.15. The fourth-order valence-electron chi connectivity index (χ4n) is 9.85. The third-order valence-electron chi connectivity index (χ3n) is 12.8. The van der Waals surface area contributed by atoms with Gasteiger partial charge in [0.2, 0.25) is 0 Å². The third kappa shape index (κ3) is 6.08. The van der Waals surface area contributed by atoms with Crippen molar-refractivity contribution >= 4 is 89.6 Å². The fourth-order valence-corrected chi connectivity index (χ4v) is 11.2. The van der Waals surface area contributed by atoms with Gasteiger partial charge in [0.05, 0.1) is 27.2 Å². The molecular formula is C60H39N3OS. The van der Waals surface area contributed by atoms with Crippen LogP contribution < -0.4 is 9.80 Å². The molecule has 0 aliphatic carbocycles. The second kappa shape index (κ2) is 15.2. The molecule has 5 heteroatoms. The van der Waals surface area contributed by atoms with E-state index in [0.717, 1.165) is 67.4 Å². The summed E-state index contributed by atoms with van der Waals surface area (Å²) >= 11 is 1.87. The van der Waals surface area contributed by atoms with E-state index in [1.165, 1.54) is 48.2 Å². The van der Waals surface area contributed by atoms with E-state index in [1.54, 1.807) is 0 Å². The smallest absolute Gasteiger partial charge is 0.137 e. The van der Waals surface area contributed by atoms with Crippen LogP contribution in [0.15, 0.2) is 251 Å². The van der Waals surface area contributed by atoms with E-state index in [1.807, 2.05) is 17.8 Å². The average molecular weight is 850 g/mol. The molecule has 0 fully saturated rings. The summed E-state index contributed by atoms with van der Waals surface area (Å²) < 4.78 is 8.87. The molecule has 0 atom stereocenters. The normalized spacial score (nSPS) is 12.2. The Morgan fingerprint density at radius 1 is 0.400 bits per heavy atom. The van der Waals surface area contributed by atoms with E-state index >= 15 is 0 Å². The van der Waals surface area contributed by atoms with Crippen LogP contribution in [0.1, 0.15) is 0 Å². The van der Waals surface area contributed by atoms with Gasteiger partial charge in [-0.1, -0.05) is 169 Å². The van der Waals surface area contributed by atoms with Crippen molar-refractivity contribution in [3.05, 3.63) is 237 Å². The second-order valence-electron chi connectivity index (χ2n) is 16.5. The SMILES string of the molecule is c1ccc(N2c3cccc(-c4ccc(N(c5ccc(-c6cccc7ccccc67)cc5)c5cccc6oc7ccccc7c56)cc4)c3Sc3c2n(-c2ccccc2)c2ccccc32)cc1. The van der Waals surface area contributed by atoms with E-state index in [2.05, 4.69) is 245 Å². The van der Waals surface area contributed by atoms with Crippen LogP contribution >= 0.6 is 11.8 Å². The molecule has 0 bridgehead atoms. The van der Waals surface area contributed by atoms with Crippen molar-refractivity contribution < 1.29 is 4.42 Å². The van der Waals surface area contributed by atoms with Gasteiger partial charge >= 0.3 is 0 Å². The summed E-state index contributed by atoms with van der Waals surface area (Å²) in [6.45, 7) is 0. The van der Waals surface area contributed by atoms with E-state index in [0.29, 0.717) is 0 Å². The van der Waals surface area contributed by atoms with Crippen molar-refractivity contribution in [1.29, 1.82) is 0 Å². The quantitative estimate of drug-likeness (QED) is 0.159. The van der Waals surface area contributed by atoms with Crippen LogP contribution in [0.25, 0.3) is 71.6 Å². The average Bonchev–Trinajstić information content (AvgIpc) is 3.93. The van der Waals surface area contributed by atoms with Crippen molar-refractivity contribution in [1.82, 2.24) is 4.57 Å². The topological polar surface area (TPSA) is 24.6 Å². The van der Waals surface area contributed by atoms with Gasteiger partial charge in [0.15, 0.2) is 0 Å². The Hall–Kier alpha value is -8.25. The van der Waals surface area contributed by atoms with Crippen LogP contribution in [0.3, 0.4) is 0 Å². The van der Waals surface area contributed by atoms with E-state index in [-0.39, 0.29) is 0 Å². The van der Waals surface area contributed by atoms with Gasteiger partial charge in [0.1, 0.15) is 17.0 Å². The first-order valence-corrected chi connectivity index (χ1v) is 22.8. The molecule has 0 amide bonds. The number of aromatic nitrogens is 1. The Bertz CT molecular complexity index is 3740. The lowest BCUT2D eigenvalue weighted by Gasteiger charge is -2.34. The summed E-state index contributed by atoms with van der Waals surface area (Å²) in [5.41, 5.74) is 14.3. The number of benzene rings is 10. The number of fused-ring (bicyclic) bond motifs is 8. The van der Waals surface area contributed by atoms with E-state index in [9.17, 15) is 0 Å². The second-order valence-corrected chi connectivity index (χ2v) is 17.5. The molecule has 0 N–H and O–H groups in total. The maximum Gasteiger partial charge on any atom is 0.137 e. The van der Waals surface area contributed by atoms with Crippen molar-refractivity contribution in [2.75, 3.05) is 9.80 Å². The van der Waals surface area contributed by atoms with Gasteiger partial charge in [-0.05, 0) is 112 Å². The minimum atomic E-state index is 0.863. The number of nitrogens with zero attached hydrogens (tertiary/aromatic N) is 3. The fraction of sp³-hybridized carbons (Fsp3) is 0. The van der Waals surface area contributed by atoms with Crippen LogP contribution in [0.4, 0.5) is 34.3 Å². The van der Waals surface area contributed by atoms with Crippen molar-refractivity contribution in [2.24, 2.45) is 0 Å². The standard InChI is InChI=1S/C60H39N3OS/c1-3-18-43(19-4-1)62-52-27-11-9-23-50(52)59-60(62)63(44-20-5-2-6-21-44)54-29-14-26-49(58(54)65-59)42-34-38-46(39-35-42)61(53-28-15-31-56-57(53)51-24-10-12-30-55(51)64-56)45-36-32-41(33-37-45)48-25-13-17-40-16-7-8-22-47(40)48/h1-39H. The molecule has 4 nitrogen and oxygen atoms in total. The molecule has 12 aromatic rings. The number of anilines is 6. The molecule has 0 radical (unpaired) electrons. The molecule has 13 rings (SSSR count). The van der Waals surface area contributed by atoms with Gasteiger partial charge in [-0.25, -0.2) is 0 Å². The van der Waals surface area contributed by atoms with E-state index in [4.69, 9.17) is 4.42 Å². The molecule has 2 aromatic heterocycles. The highest BCUT2D eigenvalue weighted by Gasteiger charge is 2.33. The molecule has 306 valence electrons. The van der Waals surface area contributed by atoms with Gasteiger partial charge < -0.3 is 9.32 Å². The van der Waals surface area contributed by atoms with Gasteiger partial charge in [-0.3, -0.25) is 9.47 Å². The van der Waals surface area contributed by atoms with Crippen molar-refractivity contribution in [2.45, 2.75) is 9.79 Å². The van der Waals surface area contributed by atoms with Crippen LogP contribution in [0.5, 0.6) is 0 Å². The van der Waals surface area contributed by atoms with Crippen LogP contribution in [-0.4, -0.2) is 4.57 Å². The molecule has 0 unspecified atom stereocenters. The Balaban J connectivity index is 0.959. The maximum absolute atomic E-state index is 6.45. The Kier molecular flexibility index (Phi) is 8.74. The summed E-state index contributed by atoms with van der Waals surface area (Å²) in [4.78, 5) is 7.29. The number of para-hydroxylation sites is 4. The largest absolute Gasteiger partial charge is 0.456 e. The molecule has 1 aliphatic rings. The molecule has 0 saturated carbocycles. The minimum absolute atomic E-state index is 0.863. The lowest BCUT2D eigenvalue weighted by Crippen LogP contribution is -2.18. The zero-order valence-corrected chi connectivity index (χ0v) is 36.0. The predicted molar refractivity (Wildman–Crippen MR) is 272 cm³/mol. The first-order valence-electron chi connectivity index (χ1n) is 22.0. The highest BCUT2D eigenvalue weighted by molar-refractivity contribution is 8.00. The predicted octanol–water partition coefficient (Wildman–Crippen LogP) is 17.4. The van der Waals surface area contributed by atoms with Crippen LogP contribution in [-0.2, 0) is 0 Å². The lowest BCUT2D eigenvalue weighted by molar-refractivity contribution is 0.669. The molecule has 0 saturated heterocycles. The lowest BCUT2D eigenvalue weighted by atomic mass is 9.98. The molecule has 0 spiro atoms. The molecule has 3 heterocycles. The summed E-state index contributed by atoms with van der Waals surface area (Å²) in [6, 6.07) is 85.0. The van der Waals surface area contributed by atoms with Crippen molar-refractivity contribution in [3.63, 3.8) is 0 Å². The highest BCUT2D eigenvalue weighted by atomic mass is 32.2. The minimum Gasteiger partial charge on any atom is -0.456 e. The number of hydrogen-bond donors (Lipinski definition) is 0. The van der Waals surface area contributed by atoms with Gasteiger partial charge in [0.25, 0.3) is 0 Å². The van der Waals surface area contributed by atoms with E-state index < -0.39 is 0 Å². The van der Waals surface area contributed by atoms with Gasteiger partial charge in [0, 0.05) is 38.4 Å². The van der Waals surface area contributed by atoms with Gasteiger partial charge in [-0.2, -0.15) is 0 Å². The zero-order chi connectivity index (χ0) is 42.8. The number of rotatable bonds is 7. The number of hydrogen-bond acceptors (Lipinski definition) is 4. The Morgan fingerprint density at radius 3 is 1.74 bits per heavy atom. The molecule has 1 aliphatic heterocycles. The highest BCUT2D eigenvalue weighted by Crippen LogP contribution is 2.58. The summed E-state index contributed by atoms with van der Waals surface area (Å²) in [6.07, 6.45) is 0. The molecule has 10 aromatic carbocycles. The van der Waals surface area contributed by atoms with Crippen LogP contribution in [0, 0.1) is 0 Å². The molecular weight excluding hydrogens is 811 g/mol. The number of furan rings is 1. The maximum atomic E-state index is 6.45. The first kappa shape index (κ1) is 37.3. The van der Waals surface area contributed by atoms with Crippen molar-refractivity contribution in [3.8, 4) is 27.9 Å². The van der Waals surface area contributed by atoms with Gasteiger partial charge in [-0.15, -0.1) is 0 Å².